The van der Waals surface area contributed by atoms with Gasteiger partial charge in [-0.15, -0.1) is 12.6 Å². The van der Waals surface area contributed by atoms with Gasteiger partial charge in [-0.3, -0.25) is 9.59 Å². The molecule has 0 saturated heterocycles. The summed E-state index contributed by atoms with van der Waals surface area (Å²) in [5.74, 6) is 1.50. The van der Waals surface area contributed by atoms with Crippen LogP contribution < -0.4 is 0 Å². The molecular weight excluding hydrogens is 356 g/mol. The van der Waals surface area contributed by atoms with E-state index in [4.69, 9.17) is 4.74 Å². The van der Waals surface area contributed by atoms with Crippen molar-refractivity contribution in [3.63, 3.8) is 0 Å². The molecule has 0 bridgehead atoms. The molecule has 6 atom stereocenters. The fraction of sp³-hybridized carbons (Fsp3) is 0.739. The molecule has 27 heavy (non-hydrogen) atoms. The Hall–Kier alpha value is -1.03. The first kappa shape index (κ1) is 19.3. The summed E-state index contributed by atoms with van der Waals surface area (Å²) < 4.78 is 5.68. The highest BCUT2D eigenvalue weighted by atomic mass is 32.1. The van der Waals surface area contributed by atoms with E-state index < -0.39 is 0 Å². The van der Waals surface area contributed by atoms with Gasteiger partial charge in [-0.1, -0.05) is 37.6 Å². The number of carbonyl (C=O) groups is 2. The van der Waals surface area contributed by atoms with Crippen molar-refractivity contribution in [1.29, 1.82) is 0 Å². The lowest BCUT2D eigenvalue weighted by Crippen LogP contribution is -2.52. The lowest BCUT2D eigenvalue weighted by molar-refractivity contribution is -0.156. The number of hydrogen-bond donors (Lipinski definition) is 1. The minimum absolute atomic E-state index is 0.0105. The summed E-state index contributed by atoms with van der Waals surface area (Å²) in [6.07, 6.45) is 15.1. The van der Waals surface area contributed by atoms with Crippen LogP contribution in [0.1, 0.15) is 65.2 Å². The third-order valence-electron chi connectivity index (χ3n) is 8.42. The zero-order valence-corrected chi connectivity index (χ0v) is 17.5. The molecule has 0 aliphatic heterocycles. The van der Waals surface area contributed by atoms with E-state index in [0.29, 0.717) is 30.8 Å². The topological polar surface area (TPSA) is 43.4 Å². The second-order valence-corrected chi connectivity index (χ2v) is 9.76. The summed E-state index contributed by atoms with van der Waals surface area (Å²) in [4.78, 5) is 24.3. The third kappa shape index (κ3) is 2.94. The predicted molar refractivity (Wildman–Crippen MR) is 109 cm³/mol. The molecule has 0 aromatic carbocycles. The molecular formula is C23H32O3S. The average Bonchev–Trinajstić information content (AvgIpc) is 3.05. The summed E-state index contributed by atoms with van der Waals surface area (Å²) in [6, 6.07) is 0. The fourth-order valence-electron chi connectivity index (χ4n) is 7.12. The summed E-state index contributed by atoms with van der Waals surface area (Å²) in [5.41, 5.74) is 1.60. The first-order valence-electron chi connectivity index (χ1n) is 10.7. The van der Waals surface area contributed by atoms with Crippen LogP contribution in [0.2, 0.25) is 0 Å². The number of hydrogen-bond acceptors (Lipinski definition) is 3. The van der Waals surface area contributed by atoms with Gasteiger partial charge >= 0.3 is 5.97 Å². The second-order valence-electron chi connectivity index (χ2n) is 9.32. The smallest absolute Gasteiger partial charge is 0.305 e. The van der Waals surface area contributed by atoms with Gasteiger partial charge in [-0.25, -0.2) is 0 Å². The summed E-state index contributed by atoms with van der Waals surface area (Å²) >= 11 is 4.24. The van der Waals surface area contributed by atoms with Crippen LogP contribution in [0.5, 0.6) is 0 Å². The molecule has 3 nitrogen and oxygen atoms in total. The highest BCUT2D eigenvalue weighted by Gasteiger charge is 2.61. The molecule has 3 saturated carbocycles. The first-order valence-corrected chi connectivity index (χ1v) is 11.1. The molecule has 0 N–H and O–H groups in total. The standard InChI is InChI=1S/C23H32O3S/c1-3-20(24)26-14-23-13-11-17-16(18(23)9-10-19(23)21(25)27)8-7-15-6-4-5-12-22(15,17)2/h5-6,12,16-19H,3-4,7-11,13-14H2,1-2H3,(H,25,27)/t16-,17+,18+,19-,22+,23-/m1/s1. The Morgan fingerprint density at radius 1 is 1.22 bits per heavy atom. The zero-order valence-electron chi connectivity index (χ0n) is 16.6. The van der Waals surface area contributed by atoms with Crippen LogP contribution in [0.4, 0.5) is 0 Å². The number of allylic oxidation sites excluding steroid dienone is 4. The van der Waals surface area contributed by atoms with Crippen molar-refractivity contribution >= 4 is 23.7 Å². The number of fused-ring (bicyclic) bond motifs is 5. The van der Waals surface area contributed by atoms with Crippen LogP contribution in [0, 0.1) is 34.5 Å². The molecule has 4 aliphatic rings. The molecule has 0 aromatic heterocycles. The average molecular weight is 389 g/mol. The van der Waals surface area contributed by atoms with E-state index >= 15 is 0 Å². The maximum absolute atomic E-state index is 12.4. The van der Waals surface area contributed by atoms with Gasteiger partial charge in [0.1, 0.15) is 0 Å². The van der Waals surface area contributed by atoms with E-state index in [1.54, 1.807) is 5.57 Å². The van der Waals surface area contributed by atoms with Gasteiger partial charge < -0.3 is 4.74 Å². The molecule has 0 amide bonds. The zero-order chi connectivity index (χ0) is 19.2. The molecule has 3 fully saturated rings. The quantitative estimate of drug-likeness (QED) is 0.413. The van der Waals surface area contributed by atoms with Crippen molar-refractivity contribution < 1.29 is 14.3 Å². The summed E-state index contributed by atoms with van der Waals surface area (Å²) in [7, 11) is 0. The van der Waals surface area contributed by atoms with Gasteiger partial charge in [0.25, 0.3) is 0 Å². The Morgan fingerprint density at radius 3 is 2.78 bits per heavy atom. The Labute approximate surface area is 168 Å². The lowest BCUT2D eigenvalue weighted by Gasteiger charge is -2.57. The van der Waals surface area contributed by atoms with E-state index in [1.165, 1.54) is 12.8 Å². The van der Waals surface area contributed by atoms with Gasteiger partial charge in [0.05, 0.1) is 6.61 Å². The van der Waals surface area contributed by atoms with Crippen LogP contribution >= 0.6 is 12.6 Å². The molecule has 4 rings (SSSR count). The van der Waals surface area contributed by atoms with Crippen molar-refractivity contribution in [2.45, 2.75) is 65.2 Å². The number of ether oxygens (including phenoxy) is 1. The highest BCUT2D eigenvalue weighted by molar-refractivity contribution is 7.96. The largest absolute Gasteiger partial charge is 0.465 e. The van der Waals surface area contributed by atoms with Crippen LogP contribution in [0.15, 0.2) is 23.8 Å². The van der Waals surface area contributed by atoms with Gasteiger partial charge in [0.2, 0.25) is 0 Å². The van der Waals surface area contributed by atoms with Crippen molar-refractivity contribution in [3.8, 4) is 0 Å². The SMILES string of the molecule is CCC(=O)OC[C@]12CC[C@H]3[C@@H](CCC4=CCC=C[C@@]43C)[C@@H]1CC[C@@H]2C(=O)S. The molecule has 0 heterocycles. The Morgan fingerprint density at radius 2 is 2.04 bits per heavy atom. The number of thiol groups is 1. The van der Waals surface area contributed by atoms with Crippen LogP contribution in [0.25, 0.3) is 0 Å². The normalized spacial score (nSPS) is 42.6. The highest BCUT2D eigenvalue weighted by Crippen LogP contribution is 2.66. The fourth-order valence-corrected chi connectivity index (χ4v) is 7.50. The molecule has 0 aromatic rings. The van der Waals surface area contributed by atoms with E-state index in [9.17, 15) is 9.59 Å². The molecule has 148 valence electrons. The number of rotatable bonds is 4. The van der Waals surface area contributed by atoms with E-state index in [2.05, 4.69) is 37.8 Å². The van der Waals surface area contributed by atoms with Crippen LogP contribution in [-0.2, 0) is 14.3 Å². The van der Waals surface area contributed by atoms with Crippen molar-refractivity contribution in [1.82, 2.24) is 0 Å². The third-order valence-corrected chi connectivity index (χ3v) is 8.73. The minimum atomic E-state index is -0.194. The summed E-state index contributed by atoms with van der Waals surface area (Å²) in [5, 5.41) is -0.0105. The van der Waals surface area contributed by atoms with Gasteiger partial charge in [0.15, 0.2) is 5.12 Å². The molecule has 0 spiro atoms. The summed E-state index contributed by atoms with van der Waals surface area (Å²) in [6.45, 7) is 4.65. The first-order chi connectivity index (χ1) is 12.9. The van der Waals surface area contributed by atoms with Crippen molar-refractivity contribution in [3.05, 3.63) is 23.8 Å². The predicted octanol–water partition coefficient (Wildman–Crippen LogP) is 5.12. The Bertz CT molecular complexity index is 696. The minimum Gasteiger partial charge on any atom is -0.465 e. The number of carbonyl (C=O) groups excluding carboxylic acids is 2. The second kappa shape index (κ2) is 7.09. The van der Waals surface area contributed by atoms with Gasteiger partial charge in [-0.2, -0.15) is 0 Å². The molecule has 4 heteroatoms. The maximum Gasteiger partial charge on any atom is 0.305 e. The van der Waals surface area contributed by atoms with E-state index in [-0.39, 0.29) is 27.8 Å². The van der Waals surface area contributed by atoms with Gasteiger partial charge in [-0.05, 0) is 62.7 Å². The van der Waals surface area contributed by atoms with Crippen molar-refractivity contribution in [2.75, 3.05) is 6.61 Å². The Kier molecular flexibility index (Phi) is 5.07. The molecule has 4 aliphatic carbocycles. The number of esters is 1. The Balaban J connectivity index is 1.65. The van der Waals surface area contributed by atoms with Crippen LogP contribution in [-0.4, -0.2) is 17.7 Å². The molecule has 0 unspecified atom stereocenters. The van der Waals surface area contributed by atoms with Crippen molar-refractivity contribution in [2.24, 2.45) is 34.5 Å². The van der Waals surface area contributed by atoms with Gasteiger partial charge in [0, 0.05) is 23.2 Å². The monoisotopic (exact) mass is 388 g/mol. The van der Waals surface area contributed by atoms with Crippen LogP contribution in [0.3, 0.4) is 0 Å². The van der Waals surface area contributed by atoms with E-state index in [1.807, 2.05) is 6.92 Å². The maximum atomic E-state index is 12.4. The van der Waals surface area contributed by atoms with E-state index in [0.717, 1.165) is 32.1 Å². The molecule has 0 radical (unpaired) electrons. The lowest BCUT2D eigenvalue weighted by atomic mass is 9.47.